The first-order valence-electron chi connectivity index (χ1n) is 5.37. The Morgan fingerprint density at radius 3 is 2.05 bits per heavy atom. The highest BCUT2D eigenvalue weighted by atomic mass is 35.5. The van der Waals surface area contributed by atoms with Crippen LogP contribution >= 0.6 is 34.8 Å². The first-order valence-corrected chi connectivity index (χ1v) is 6.50. The summed E-state index contributed by atoms with van der Waals surface area (Å²) in [4.78, 5) is 33.0. The molecule has 0 saturated carbocycles. The maximum absolute atomic E-state index is 11.7. The van der Waals surface area contributed by atoms with E-state index in [9.17, 15) is 14.4 Å². The van der Waals surface area contributed by atoms with Crippen molar-refractivity contribution < 1.29 is 24.6 Å². The highest BCUT2D eigenvalue weighted by molar-refractivity contribution is 6.42. The van der Waals surface area contributed by atoms with E-state index in [1.165, 1.54) is 12.1 Å². The van der Waals surface area contributed by atoms with E-state index in [0.717, 1.165) is 0 Å². The van der Waals surface area contributed by atoms with Gasteiger partial charge in [0.2, 0.25) is 0 Å². The lowest BCUT2D eigenvalue weighted by atomic mass is 10.2. The van der Waals surface area contributed by atoms with Crippen LogP contribution in [0.25, 0.3) is 0 Å². The van der Waals surface area contributed by atoms with Gasteiger partial charge in [-0.15, -0.1) is 0 Å². The molecule has 0 aliphatic heterocycles. The SMILES string of the molecule is O=C(O)C[C@H](NC(=O)Nc1c(Cl)cc(Cl)cc1Cl)C(=O)O. The predicted molar refractivity (Wildman–Crippen MR) is 77.3 cm³/mol. The number of aliphatic carboxylic acids is 2. The fraction of sp³-hybridized carbons (Fsp3) is 0.182. The summed E-state index contributed by atoms with van der Waals surface area (Å²) in [7, 11) is 0. The van der Waals surface area contributed by atoms with Gasteiger partial charge in [-0.05, 0) is 12.1 Å². The van der Waals surface area contributed by atoms with Crippen LogP contribution in [0.2, 0.25) is 15.1 Å². The second-order valence-electron chi connectivity index (χ2n) is 3.83. The third kappa shape index (κ3) is 5.30. The molecule has 0 unspecified atom stereocenters. The van der Waals surface area contributed by atoms with Crippen LogP contribution < -0.4 is 10.6 Å². The number of carbonyl (C=O) groups is 3. The Bertz CT molecular complexity index is 570. The fourth-order valence-electron chi connectivity index (χ4n) is 1.34. The molecule has 0 aliphatic carbocycles. The summed E-state index contributed by atoms with van der Waals surface area (Å²) >= 11 is 17.4. The normalized spacial score (nSPS) is 11.6. The first-order chi connectivity index (χ1) is 9.70. The molecular weight excluding hydrogens is 346 g/mol. The van der Waals surface area contributed by atoms with Crippen molar-refractivity contribution in [2.24, 2.45) is 0 Å². The molecule has 0 aromatic heterocycles. The zero-order valence-corrected chi connectivity index (χ0v) is 12.5. The first kappa shape index (κ1) is 17.4. The van der Waals surface area contributed by atoms with Crippen LogP contribution in [0.1, 0.15) is 6.42 Å². The number of halogens is 3. The third-order valence-electron chi connectivity index (χ3n) is 2.23. The van der Waals surface area contributed by atoms with Crippen LogP contribution in [0.15, 0.2) is 12.1 Å². The lowest BCUT2D eigenvalue weighted by molar-refractivity contribution is -0.145. The van der Waals surface area contributed by atoms with Crippen molar-refractivity contribution in [1.29, 1.82) is 0 Å². The summed E-state index contributed by atoms with van der Waals surface area (Å²) in [6, 6.07) is 0.106. The number of nitrogens with one attached hydrogen (secondary N) is 2. The maximum Gasteiger partial charge on any atom is 0.326 e. The topological polar surface area (TPSA) is 116 Å². The molecule has 2 amide bonds. The molecule has 10 heteroatoms. The number of rotatable bonds is 5. The van der Waals surface area contributed by atoms with Crippen molar-refractivity contribution in [3.63, 3.8) is 0 Å². The Morgan fingerprint density at radius 1 is 1.10 bits per heavy atom. The molecule has 0 spiro atoms. The summed E-state index contributed by atoms with van der Waals surface area (Å²) in [6.07, 6.45) is -0.773. The zero-order valence-electron chi connectivity index (χ0n) is 10.2. The number of carboxylic acid groups (broad SMARTS) is 2. The molecule has 0 radical (unpaired) electrons. The Labute approximate surface area is 133 Å². The lowest BCUT2D eigenvalue weighted by Crippen LogP contribution is -2.44. The standard InChI is InChI=1S/C11H9Cl3N2O5/c12-4-1-5(13)9(6(14)2-4)16-11(21)15-7(10(19)20)3-8(17)18/h1-2,7H,3H2,(H,17,18)(H,19,20)(H2,15,16,21)/t7-/m0/s1. The van der Waals surface area contributed by atoms with Gasteiger partial charge in [0.05, 0.1) is 22.2 Å². The Morgan fingerprint density at radius 2 is 1.62 bits per heavy atom. The Balaban J connectivity index is 2.82. The van der Waals surface area contributed by atoms with Crippen molar-refractivity contribution in [1.82, 2.24) is 5.32 Å². The van der Waals surface area contributed by atoms with Crippen LogP contribution in [-0.4, -0.2) is 34.2 Å². The Hall–Kier alpha value is -1.70. The summed E-state index contributed by atoms with van der Waals surface area (Å²) in [5.74, 6) is -2.86. The number of carboxylic acids is 2. The minimum absolute atomic E-state index is 0.0275. The zero-order chi connectivity index (χ0) is 16.2. The molecule has 0 fully saturated rings. The number of hydrogen-bond donors (Lipinski definition) is 4. The third-order valence-corrected chi connectivity index (χ3v) is 3.04. The quantitative estimate of drug-likeness (QED) is 0.648. The second kappa shape index (κ2) is 7.35. The Kier molecular flexibility index (Phi) is 6.07. The largest absolute Gasteiger partial charge is 0.481 e. The van der Waals surface area contributed by atoms with E-state index in [-0.39, 0.29) is 20.8 Å². The number of carbonyl (C=O) groups excluding carboxylic acids is 1. The van der Waals surface area contributed by atoms with Crippen LogP contribution in [0.3, 0.4) is 0 Å². The molecule has 0 aliphatic rings. The molecule has 1 aromatic rings. The highest BCUT2D eigenvalue weighted by Gasteiger charge is 2.23. The molecule has 114 valence electrons. The molecule has 1 atom stereocenters. The molecule has 0 heterocycles. The van der Waals surface area contributed by atoms with E-state index in [2.05, 4.69) is 5.32 Å². The molecular formula is C11H9Cl3N2O5. The van der Waals surface area contributed by atoms with Crippen molar-refractivity contribution in [2.45, 2.75) is 12.5 Å². The van der Waals surface area contributed by atoms with Gasteiger partial charge in [-0.25, -0.2) is 9.59 Å². The molecule has 21 heavy (non-hydrogen) atoms. The van der Waals surface area contributed by atoms with Gasteiger partial charge in [-0.3, -0.25) is 4.79 Å². The molecule has 7 nitrogen and oxygen atoms in total. The van der Waals surface area contributed by atoms with Gasteiger partial charge in [-0.2, -0.15) is 0 Å². The van der Waals surface area contributed by atoms with E-state index >= 15 is 0 Å². The average molecular weight is 356 g/mol. The number of benzene rings is 1. The van der Waals surface area contributed by atoms with E-state index in [4.69, 9.17) is 45.0 Å². The predicted octanol–water partition coefficient (Wildman–Crippen LogP) is 2.70. The molecule has 4 N–H and O–H groups in total. The maximum atomic E-state index is 11.7. The van der Waals surface area contributed by atoms with Crippen molar-refractivity contribution in [3.05, 3.63) is 27.2 Å². The van der Waals surface area contributed by atoms with Gasteiger partial charge in [0, 0.05) is 5.02 Å². The number of anilines is 1. The molecule has 0 saturated heterocycles. The summed E-state index contributed by atoms with van der Waals surface area (Å²) in [6.45, 7) is 0. The van der Waals surface area contributed by atoms with E-state index < -0.39 is 30.4 Å². The van der Waals surface area contributed by atoms with Gasteiger partial charge in [-0.1, -0.05) is 34.8 Å². The highest BCUT2D eigenvalue weighted by Crippen LogP contribution is 2.33. The molecule has 1 aromatic carbocycles. The van der Waals surface area contributed by atoms with Crippen LogP contribution in [0.4, 0.5) is 10.5 Å². The van der Waals surface area contributed by atoms with Crippen LogP contribution in [-0.2, 0) is 9.59 Å². The van der Waals surface area contributed by atoms with E-state index in [1.807, 2.05) is 5.32 Å². The van der Waals surface area contributed by atoms with E-state index in [1.54, 1.807) is 0 Å². The average Bonchev–Trinajstić information content (AvgIpc) is 2.32. The lowest BCUT2D eigenvalue weighted by Gasteiger charge is -2.14. The number of amides is 2. The van der Waals surface area contributed by atoms with Crippen molar-refractivity contribution in [3.8, 4) is 0 Å². The fourth-order valence-corrected chi connectivity index (χ4v) is 2.26. The van der Waals surface area contributed by atoms with E-state index in [0.29, 0.717) is 0 Å². The summed E-state index contributed by atoms with van der Waals surface area (Å²) < 4.78 is 0. The van der Waals surface area contributed by atoms with Gasteiger partial charge >= 0.3 is 18.0 Å². The minimum Gasteiger partial charge on any atom is -0.481 e. The van der Waals surface area contributed by atoms with Gasteiger partial charge in [0.25, 0.3) is 0 Å². The number of hydrogen-bond acceptors (Lipinski definition) is 3. The second-order valence-corrected chi connectivity index (χ2v) is 5.08. The molecule has 1 rings (SSSR count). The number of urea groups is 1. The molecule has 0 bridgehead atoms. The van der Waals surface area contributed by atoms with Crippen LogP contribution in [0.5, 0.6) is 0 Å². The smallest absolute Gasteiger partial charge is 0.326 e. The van der Waals surface area contributed by atoms with Crippen molar-refractivity contribution >= 4 is 58.5 Å². The summed E-state index contributed by atoms with van der Waals surface area (Å²) in [5, 5.41) is 21.9. The minimum atomic E-state index is -1.59. The van der Waals surface area contributed by atoms with Gasteiger partial charge < -0.3 is 20.8 Å². The van der Waals surface area contributed by atoms with Crippen molar-refractivity contribution in [2.75, 3.05) is 5.32 Å². The summed E-state index contributed by atoms with van der Waals surface area (Å²) in [5.41, 5.74) is 0.0275. The van der Waals surface area contributed by atoms with Crippen LogP contribution in [0, 0.1) is 0 Å². The van der Waals surface area contributed by atoms with Gasteiger partial charge in [0.1, 0.15) is 6.04 Å². The van der Waals surface area contributed by atoms with Gasteiger partial charge in [0.15, 0.2) is 0 Å². The monoisotopic (exact) mass is 354 g/mol.